The molecule has 166 valence electrons. The second-order valence-corrected chi connectivity index (χ2v) is 8.41. The number of aromatic nitrogens is 1. The number of likely N-dealkylation sites (tertiary alicyclic amines) is 2. The van der Waals surface area contributed by atoms with Gasteiger partial charge in [0.25, 0.3) is 5.91 Å². The molecule has 0 unspecified atom stereocenters. The Bertz CT molecular complexity index is 991. The van der Waals surface area contributed by atoms with E-state index in [1.165, 1.54) is 17.2 Å². The van der Waals surface area contributed by atoms with Crippen LogP contribution in [0.1, 0.15) is 52.1 Å². The van der Waals surface area contributed by atoms with Crippen LogP contribution in [0.5, 0.6) is 5.75 Å². The molecule has 2 aliphatic heterocycles. The molecule has 2 saturated heterocycles. The van der Waals surface area contributed by atoms with E-state index in [0.717, 1.165) is 36.5 Å². The van der Waals surface area contributed by atoms with Crippen LogP contribution in [-0.4, -0.2) is 53.0 Å². The number of hydrogen-bond donors (Lipinski definition) is 0. The molecule has 1 amide bonds. The Hall–Kier alpha value is -2.61. The van der Waals surface area contributed by atoms with Gasteiger partial charge in [-0.25, -0.2) is 0 Å². The van der Waals surface area contributed by atoms with Gasteiger partial charge in [0.1, 0.15) is 11.4 Å². The first kappa shape index (κ1) is 21.6. The summed E-state index contributed by atoms with van der Waals surface area (Å²) < 4.78 is 43.6. The summed E-state index contributed by atoms with van der Waals surface area (Å²) in [7, 11) is 1.67. The van der Waals surface area contributed by atoms with Crippen LogP contribution in [0.3, 0.4) is 0 Å². The van der Waals surface area contributed by atoms with Crippen molar-refractivity contribution in [2.24, 2.45) is 0 Å². The first-order valence-electron chi connectivity index (χ1n) is 10.4. The highest BCUT2D eigenvalue weighted by Gasteiger charge is 2.47. The average molecular weight is 433 g/mol. The second-order valence-electron chi connectivity index (χ2n) is 8.41. The third kappa shape index (κ3) is 3.78. The van der Waals surface area contributed by atoms with E-state index in [4.69, 9.17) is 4.74 Å². The van der Waals surface area contributed by atoms with Crippen LogP contribution < -0.4 is 4.74 Å². The smallest absolute Gasteiger partial charge is 0.433 e. The minimum atomic E-state index is -4.51. The Kier molecular flexibility index (Phi) is 5.45. The number of ether oxygens (including phenoxy) is 1. The molecule has 31 heavy (non-hydrogen) atoms. The Labute approximate surface area is 179 Å². The van der Waals surface area contributed by atoms with Gasteiger partial charge in [-0.2, -0.15) is 13.2 Å². The van der Waals surface area contributed by atoms with Crippen LogP contribution in [0.2, 0.25) is 0 Å². The van der Waals surface area contributed by atoms with Crippen molar-refractivity contribution in [2.75, 3.05) is 20.2 Å². The monoisotopic (exact) mass is 433 g/mol. The van der Waals surface area contributed by atoms with Gasteiger partial charge in [-0.15, -0.1) is 0 Å². The summed E-state index contributed by atoms with van der Waals surface area (Å²) in [5.74, 6) is 0.621. The lowest BCUT2D eigenvalue weighted by molar-refractivity contribution is -0.141. The van der Waals surface area contributed by atoms with Crippen molar-refractivity contribution >= 4 is 5.91 Å². The van der Waals surface area contributed by atoms with Gasteiger partial charge in [-0.3, -0.25) is 14.7 Å². The number of benzene rings is 1. The van der Waals surface area contributed by atoms with Crippen LogP contribution in [0.4, 0.5) is 13.2 Å². The van der Waals surface area contributed by atoms with Crippen molar-refractivity contribution in [1.82, 2.24) is 14.8 Å². The van der Waals surface area contributed by atoms with Gasteiger partial charge >= 0.3 is 6.18 Å². The molecule has 2 aliphatic rings. The molecule has 0 saturated carbocycles. The van der Waals surface area contributed by atoms with Gasteiger partial charge < -0.3 is 9.64 Å². The van der Waals surface area contributed by atoms with Gasteiger partial charge in [0, 0.05) is 37.4 Å². The van der Waals surface area contributed by atoms with Crippen LogP contribution >= 0.6 is 0 Å². The normalized spacial score (nSPS) is 22.1. The highest BCUT2D eigenvalue weighted by atomic mass is 19.4. The number of piperazine rings is 1. The number of hydrogen-bond acceptors (Lipinski definition) is 4. The zero-order valence-corrected chi connectivity index (χ0v) is 18.0. The lowest BCUT2D eigenvalue weighted by Crippen LogP contribution is -2.49. The van der Waals surface area contributed by atoms with Gasteiger partial charge in [0.2, 0.25) is 0 Å². The lowest BCUT2D eigenvalue weighted by Gasteiger charge is -2.38. The molecule has 8 heteroatoms. The summed E-state index contributed by atoms with van der Waals surface area (Å²) in [5.41, 5.74) is 2.79. The Morgan fingerprint density at radius 3 is 2.42 bits per heavy atom. The zero-order chi connectivity index (χ0) is 22.5. The van der Waals surface area contributed by atoms with E-state index in [1.54, 1.807) is 12.0 Å². The van der Waals surface area contributed by atoms with E-state index in [0.29, 0.717) is 6.54 Å². The first-order chi connectivity index (χ1) is 14.6. The fourth-order valence-corrected chi connectivity index (χ4v) is 4.94. The van der Waals surface area contributed by atoms with Crippen molar-refractivity contribution in [2.45, 2.75) is 51.5 Å². The molecule has 0 aliphatic carbocycles. The van der Waals surface area contributed by atoms with E-state index in [1.807, 2.05) is 6.07 Å². The Morgan fingerprint density at radius 2 is 1.87 bits per heavy atom. The number of fused-ring (bicyclic) bond motifs is 2. The fraction of sp³-hybridized carbons (Fsp3) is 0.478. The summed E-state index contributed by atoms with van der Waals surface area (Å²) in [5, 5.41) is 0. The molecule has 0 spiro atoms. The number of halogens is 3. The van der Waals surface area contributed by atoms with Crippen LogP contribution in [-0.2, 0) is 6.18 Å². The van der Waals surface area contributed by atoms with E-state index in [2.05, 4.69) is 36.7 Å². The number of amides is 1. The molecule has 2 aromatic rings. The molecular weight excluding hydrogens is 407 g/mol. The number of alkyl halides is 3. The molecule has 3 atom stereocenters. The van der Waals surface area contributed by atoms with Crippen molar-refractivity contribution in [3.05, 3.63) is 58.4 Å². The first-order valence-corrected chi connectivity index (χ1v) is 10.4. The van der Waals surface area contributed by atoms with E-state index in [9.17, 15) is 18.0 Å². The van der Waals surface area contributed by atoms with Crippen molar-refractivity contribution in [1.29, 1.82) is 0 Å². The van der Waals surface area contributed by atoms with Gasteiger partial charge in [0.05, 0.1) is 12.7 Å². The summed E-state index contributed by atoms with van der Waals surface area (Å²) in [6.07, 6.45) is -2.61. The summed E-state index contributed by atoms with van der Waals surface area (Å²) in [6.45, 7) is 7.66. The predicted octanol–water partition coefficient (Wildman–Crippen LogP) is 4.39. The summed E-state index contributed by atoms with van der Waals surface area (Å²) >= 11 is 0. The molecule has 2 fully saturated rings. The van der Waals surface area contributed by atoms with Crippen molar-refractivity contribution < 1.29 is 22.7 Å². The van der Waals surface area contributed by atoms with Gasteiger partial charge in [-0.1, -0.05) is 6.07 Å². The van der Waals surface area contributed by atoms with Gasteiger partial charge in [-0.05, 0) is 62.1 Å². The third-order valence-electron chi connectivity index (χ3n) is 6.79. The van der Waals surface area contributed by atoms with Crippen LogP contribution in [0, 0.1) is 13.8 Å². The minimum Gasteiger partial charge on any atom is -0.496 e. The van der Waals surface area contributed by atoms with Crippen LogP contribution in [0.25, 0.3) is 0 Å². The van der Waals surface area contributed by atoms with Gasteiger partial charge in [0.15, 0.2) is 0 Å². The molecule has 3 heterocycles. The average Bonchev–Trinajstić information content (AvgIpc) is 3.35. The highest BCUT2D eigenvalue weighted by Crippen LogP contribution is 2.39. The number of carbonyl (C=O) groups excluding carboxylic acids is 1. The topological polar surface area (TPSA) is 45.7 Å². The number of methoxy groups -OCH3 is 1. The fourth-order valence-electron chi connectivity index (χ4n) is 4.94. The summed E-state index contributed by atoms with van der Waals surface area (Å²) in [4.78, 5) is 20.5. The van der Waals surface area contributed by atoms with Crippen molar-refractivity contribution in [3.63, 3.8) is 0 Å². The Balaban J connectivity index is 1.46. The predicted molar refractivity (Wildman–Crippen MR) is 110 cm³/mol. The second kappa shape index (κ2) is 7.82. The number of nitrogens with zero attached hydrogens (tertiary/aromatic N) is 3. The Morgan fingerprint density at radius 1 is 1.13 bits per heavy atom. The van der Waals surface area contributed by atoms with Crippen molar-refractivity contribution in [3.8, 4) is 5.75 Å². The van der Waals surface area contributed by atoms with E-state index >= 15 is 0 Å². The molecule has 5 nitrogen and oxygen atoms in total. The zero-order valence-electron chi connectivity index (χ0n) is 18.0. The molecule has 1 aromatic carbocycles. The largest absolute Gasteiger partial charge is 0.496 e. The SMILES string of the molecule is COc1ccc([C@H](C)N2C[C@@H]3C[C@H]2CN3C(=O)c2ccc(C(F)(F)F)nc2)c(C)c1C. The molecule has 1 aromatic heterocycles. The minimum absolute atomic E-state index is 0.0573. The quantitative estimate of drug-likeness (QED) is 0.718. The molecule has 0 radical (unpaired) electrons. The molecule has 0 N–H and O–H groups in total. The number of pyridine rings is 1. The van der Waals surface area contributed by atoms with E-state index < -0.39 is 11.9 Å². The third-order valence-corrected chi connectivity index (χ3v) is 6.79. The number of carbonyl (C=O) groups is 1. The number of rotatable bonds is 4. The molecular formula is C23H26F3N3O2. The maximum absolute atomic E-state index is 12.9. The maximum atomic E-state index is 12.9. The maximum Gasteiger partial charge on any atom is 0.433 e. The molecule has 4 rings (SSSR count). The summed E-state index contributed by atoms with van der Waals surface area (Å²) in [6, 6.07) is 6.67. The highest BCUT2D eigenvalue weighted by molar-refractivity contribution is 5.94. The van der Waals surface area contributed by atoms with Crippen LogP contribution in [0.15, 0.2) is 30.5 Å². The van der Waals surface area contributed by atoms with E-state index in [-0.39, 0.29) is 29.6 Å². The lowest BCUT2D eigenvalue weighted by atomic mass is 9.96. The standard InChI is InChI=1S/C23H26F3N3O2/c1-13-14(2)20(31-4)7-6-19(13)15(3)28-11-18-9-17(28)12-29(18)22(30)16-5-8-21(27-10-16)23(24,25)26/h5-8,10,15,17-18H,9,11-12H2,1-4H3/t15-,17-,18-/m0/s1. The molecule has 2 bridgehead atoms.